The Morgan fingerprint density at radius 1 is 1.12 bits per heavy atom. The number of ether oxygens (including phenoxy) is 1. The highest BCUT2D eigenvalue weighted by Crippen LogP contribution is 2.30. The first-order chi connectivity index (χ1) is 12.2. The number of aromatic nitrogens is 4. The molecule has 0 spiro atoms. The Bertz CT molecular complexity index is 910. The van der Waals surface area contributed by atoms with E-state index in [0.29, 0.717) is 23.6 Å². The third-order valence-electron chi connectivity index (χ3n) is 4.04. The van der Waals surface area contributed by atoms with Gasteiger partial charge in [-0.1, -0.05) is 35.4 Å². The minimum Gasteiger partial charge on any atom is -0.475 e. The summed E-state index contributed by atoms with van der Waals surface area (Å²) in [6.07, 6.45) is 13.2. The van der Waals surface area contributed by atoms with Crippen molar-refractivity contribution in [1.82, 2.24) is 19.9 Å². The van der Waals surface area contributed by atoms with Crippen LogP contribution in [-0.4, -0.2) is 33.1 Å². The van der Waals surface area contributed by atoms with Crippen molar-refractivity contribution >= 4 is 40.2 Å². The van der Waals surface area contributed by atoms with Crippen molar-refractivity contribution in [2.45, 2.75) is 19.3 Å². The zero-order chi connectivity index (χ0) is 17.2. The number of anilines is 1. The molecule has 1 aliphatic heterocycles. The second-order valence-electron chi connectivity index (χ2n) is 5.74. The lowest BCUT2D eigenvalue weighted by Crippen LogP contribution is -2.25. The fourth-order valence-electron chi connectivity index (χ4n) is 2.67. The van der Waals surface area contributed by atoms with Crippen LogP contribution < -0.4 is 9.64 Å². The van der Waals surface area contributed by atoms with Crippen molar-refractivity contribution in [3.05, 3.63) is 46.5 Å². The fourth-order valence-corrected chi connectivity index (χ4v) is 3.01. The molecule has 0 radical (unpaired) electrons. The van der Waals surface area contributed by atoms with Gasteiger partial charge < -0.3 is 9.64 Å². The van der Waals surface area contributed by atoms with Gasteiger partial charge in [-0.15, -0.1) is 0 Å². The van der Waals surface area contributed by atoms with Gasteiger partial charge in [-0.3, -0.25) is 0 Å². The van der Waals surface area contributed by atoms with Crippen LogP contribution in [0.15, 0.2) is 36.1 Å². The Kier molecular flexibility index (Phi) is 4.55. The van der Waals surface area contributed by atoms with Gasteiger partial charge in [0.25, 0.3) is 5.88 Å². The molecule has 1 aliphatic carbocycles. The van der Waals surface area contributed by atoms with Crippen LogP contribution in [0.4, 0.5) is 5.82 Å². The standard InChI is InChI=1S/C17H15Cl2N5O/c18-13-16(25-10-7-11-5-2-1-3-6-11)21-14-12(20-13)15(23-17(19)22-14)24-8-4-9-24/h1-2,4-5,8H,3,6-7,9-10H2. The molecule has 3 heterocycles. The second-order valence-corrected chi connectivity index (χ2v) is 6.43. The van der Waals surface area contributed by atoms with Crippen LogP contribution in [0.1, 0.15) is 19.3 Å². The van der Waals surface area contributed by atoms with E-state index in [2.05, 4.69) is 38.2 Å². The fraction of sp³-hybridized carbons (Fsp3) is 0.294. The van der Waals surface area contributed by atoms with E-state index in [-0.39, 0.29) is 16.3 Å². The Morgan fingerprint density at radius 3 is 2.72 bits per heavy atom. The summed E-state index contributed by atoms with van der Waals surface area (Å²) in [5, 5.41) is 0.311. The third kappa shape index (κ3) is 3.45. The summed E-state index contributed by atoms with van der Waals surface area (Å²) in [6, 6.07) is 0. The maximum absolute atomic E-state index is 6.25. The number of fused-ring (bicyclic) bond motifs is 1. The molecule has 0 unspecified atom stereocenters. The van der Waals surface area contributed by atoms with Crippen LogP contribution in [0.5, 0.6) is 5.88 Å². The number of allylic oxidation sites excluding steroid dienone is 3. The molecule has 2 aromatic rings. The third-order valence-corrected chi connectivity index (χ3v) is 4.45. The van der Waals surface area contributed by atoms with E-state index in [9.17, 15) is 0 Å². The van der Waals surface area contributed by atoms with Crippen molar-refractivity contribution in [2.24, 2.45) is 0 Å². The summed E-state index contributed by atoms with van der Waals surface area (Å²) in [6.45, 7) is 1.23. The second kappa shape index (κ2) is 6.98. The molecule has 0 atom stereocenters. The molecular weight excluding hydrogens is 361 g/mol. The van der Waals surface area contributed by atoms with Crippen LogP contribution in [0, 0.1) is 0 Å². The average Bonchev–Trinajstić information content (AvgIpc) is 2.55. The lowest BCUT2D eigenvalue weighted by Gasteiger charge is -2.24. The van der Waals surface area contributed by atoms with Gasteiger partial charge in [0, 0.05) is 19.2 Å². The molecule has 0 saturated heterocycles. The van der Waals surface area contributed by atoms with E-state index in [1.165, 1.54) is 5.57 Å². The monoisotopic (exact) mass is 375 g/mol. The SMILES string of the molecule is Clc1nc(N2C=CC2)c2nc(Cl)c(OCCC3=CC=CCC3)nc2n1. The van der Waals surface area contributed by atoms with Gasteiger partial charge in [0.15, 0.2) is 22.1 Å². The summed E-state index contributed by atoms with van der Waals surface area (Å²) in [5.74, 6) is 0.860. The smallest absolute Gasteiger partial charge is 0.254 e. The van der Waals surface area contributed by atoms with E-state index in [0.717, 1.165) is 25.8 Å². The maximum Gasteiger partial charge on any atom is 0.254 e. The Morgan fingerprint density at radius 2 is 2.00 bits per heavy atom. The summed E-state index contributed by atoms with van der Waals surface area (Å²) < 4.78 is 5.73. The van der Waals surface area contributed by atoms with Crippen molar-refractivity contribution in [1.29, 1.82) is 0 Å². The van der Waals surface area contributed by atoms with Gasteiger partial charge in [-0.25, -0.2) is 4.98 Å². The molecule has 0 saturated carbocycles. The molecule has 0 fully saturated rings. The normalized spacial score (nSPS) is 16.1. The van der Waals surface area contributed by atoms with E-state index in [1.807, 2.05) is 17.2 Å². The molecule has 0 bridgehead atoms. The van der Waals surface area contributed by atoms with E-state index < -0.39 is 0 Å². The molecule has 8 heteroatoms. The first kappa shape index (κ1) is 16.3. The Balaban J connectivity index is 1.57. The predicted molar refractivity (Wildman–Crippen MR) is 98.2 cm³/mol. The Labute approximate surface area is 154 Å². The molecule has 0 aromatic carbocycles. The van der Waals surface area contributed by atoms with Crippen LogP contribution in [0.3, 0.4) is 0 Å². The highest BCUT2D eigenvalue weighted by Gasteiger charge is 2.20. The van der Waals surface area contributed by atoms with Gasteiger partial charge in [0.05, 0.1) is 6.61 Å². The van der Waals surface area contributed by atoms with Crippen molar-refractivity contribution < 1.29 is 4.74 Å². The number of nitrogens with zero attached hydrogens (tertiary/aromatic N) is 5. The van der Waals surface area contributed by atoms with E-state index >= 15 is 0 Å². The minimum atomic E-state index is 0.115. The zero-order valence-corrected chi connectivity index (χ0v) is 14.8. The van der Waals surface area contributed by atoms with Crippen LogP contribution >= 0.6 is 23.2 Å². The average molecular weight is 376 g/mol. The molecule has 2 aromatic heterocycles. The maximum atomic E-state index is 6.25. The van der Waals surface area contributed by atoms with Gasteiger partial charge in [0.1, 0.15) is 0 Å². The minimum absolute atomic E-state index is 0.115. The van der Waals surface area contributed by atoms with Gasteiger partial charge in [-0.2, -0.15) is 15.0 Å². The lowest BCUT2D eigenvalue weighted by molar-refractivity contribution is 0.308. The molecule has 0 amide bonds. The molecule has 0 N–H and O–H groups in total. The predicted octanol–water partition coefficient (Wildman–Crippen LogP) is 4.11. The molecule has 128 valence electrons. The van der Waals surface area contributed by atoms with Crippen molar-refractivity contribution in [2.75, 3.05) is 18.1 Å². The van der Waals surface area contributed by atoms with Gasteiger partial charge in [-0.05, 0) is 30.5 Å². The topological polar surface area (TPSA) is 64.0 Å². The summed E-state index contributed by atoms with van der Waals surface area (Å²) >= 11 is 12.3. The van der Waals surface area contributed by atoms with Crippen LogP contribution in [0.2, 0.25) is 10.4 Å². The molecule has 4 rings (SSSR count). The van der Waals surface area contributed by atoms with Crippen LogP contribution in [-0.2, 0) is 0 Å². The zero-order valence-electron chi connectivity index (χ0n) is 13.3. The van der Waals surface area contributed by atoms with Crippen LogP contribution in [0.25, 0.3) is 11.2 Å². The first-order valence-corrected chi connectivity index (χ1v) is 8.78. The first-order valence-electron chi connectivity index (χ1n) is 8.02. The number of rotatable bonds is 5. The molecule has 25 heavy (non-hydrogen) atoms. The number of halogens is 2. The summed E-state index contributed by atoms with van der Waals surface area (Å²) in [5.41, 5.74) is 2.23. The van der Waals surface area contributed by atoms with Gasteiger partial charge in [0.2, 0.25) is 5.28 Å². The lowest BCUT2D eigenvalue weighted by atomic mass is 10.0. The highest BCUT2D eigenvalue weighted by atomic mass is 35.5. The van der Waals surface area contributed by atoms with Crippen molar-refractivity contribution in [3.8, 4) is 5.88 Å². The van der Waals surface area contributed by atoms with E-state index in [1.54, 1.807) is 0 Å². The summed E-state index contributed by atoms with van der Waals surface area (Å²) in [4.78, 5) is 19.0. The number of hydrogen-bond donors (Lipinski definition) is 0. The van der Waals surface area contributed by atoms with Crippen molar-refractivity contribution in [3.63, 3.8) is 0 Å². The highest BCUT2D eigenvalue weighted by molar-refractivity contribution is 6.31. The number of hydrogen-bond acceptors (Lipinski definition) is 6. The summed E-state index contributed by atoms with van der Waals surface area (Å²) in [7, 11) is 0. The molecule has 2 aliphatic rings. The quantitative estimate of drug-likeness (QED) is 0.732. The Hall–Kier alpha value is -2.18. The molecule has 6 nitrogen and oxygen atoms in total. The van der Waals surface area contributed by atoms with E-state index in [4.69, 9.17) is 27.9 Å². The molecular formula is C17H15Cl2N5O. The van der Waals surface area contributed by atoms with Gasteiger partial charge >= 0.3 is 0 Å². The largest absolute Gasteiger partial charge is 0.475 e.